The highest BCUT2D eigenvalue weighted by atomic mass is 15.4. The van der Waals surface area contributed by atoms with Crippen molar-refractivity contribution in [3.05, 3.63) is 47.9 Å². The Bertz CT molecular complexity index is 1380. The number of pyridine rings is 1. The van der Waals surface area contributed by atoms with Gasteiger partial charge >= 0.3 is 0 Å². The second kappa shape index (κ2) is 9.34. The van der Waals surface area contributed by atoms with E-state index in [-0.39, 0.29) is 5.95 Å². The summed E-state index contributed by atoms with van der Waals surface area (Å²) in [6, 6.07) is 10.6. The Morgan fingerprint density at radius 2 is 1.72 bits per heavy atom. The number of anilines is 4. The summed E-state index contributed by atoms with van der Waals surface area (Å²) in [5, 5.41) is 8.71. The molecular weight excluding hydrogens is 452 g/mol. The van der Waals surface area contributed by atoms with E-state index < -0.39 is 0 Å². The fraction of sp³-hybridized carbons (Fsp3) is 0.423. The van der Waals surface area contributed by atoms with E-state index in [1.54, 1.807) is 4.68 Å². The average molecular weight is 485 g/mol. The number of para-hydroxylation sites is 1. The fourth-order valence-electron chi connectivity index (χ4n) is 5.51. The molecule has 0 unspecified atom stereocenters. The molecule has 0 radical (unpaired) electrons. The minimum Gasteiger partial charge on any atom is -0.368 e. The lowest BCUT2D eigenvalue weighted by molar-refractivity contribution is 0.207. The fourth-order valence-corrected chi connectivity index (χ4v) is 5.51. The summed E-state index contributed by atoms with van der Waals surface area (Å²) in [4.78, 5) is 23.4. The molecule has 4 aromatic rings. The zero-order chi connectivity index (χ0) is 24.6. The number of fused-ring (bicyclic) bond motifs is 1. The number of hydrogen-bond acceptors (Lipinski definition) is 9. The lowest BCUT2D eigenvalue weighted by Crippen LogP contribution is -2.44. The van der Waals surface area contributed by atoms with Gasteiger partial charge in [0.1, 0.15) is 11.6 Å². The molecule has 0 aliphatic carbocycles. The van der Waals surface area contributed by atoms with Crippen molar-refractivity contribution in [2.45, 2.75) is 45.6 Å². The second-order valence-electron chi connectivity index (χ2n) is 9.77. The van der Waals surface area contributed by atoms with E-state index >= 15 is 0 Å². The Hall–Kier alpha value is -3.79. The van der Waals surface area contributed by atoms with Gasteiger partial charge in [0, 0.05) is 24.5 Å². The van der Waals surface area contributed by atoms with Crippen LogP contribution in [-0.2, 0) is 0 Å². The number of nitrogens with zero attached hydrogens (tertiary/aromatic N) is 8. The first-order chi connectivity index (χ1) is 17.5. The maximum Gasteiger partial charge on any atom is 0.248 e. The highest BCUT2D eigenvalue weighted by Gasteiger charge is 2.27. The predicted molar refractivity (Wildman–Crippen MR) is 142 cm³/mol. The zero-order valence-electron chi connectivity index (χ0n) is 20.9. The maximum absolute atomic E-state index is 6.24. The number of aromatic nitrogens is 6. The third-order valence-electron chi connectivity index (χ3n) is 7.26. The smallest absolute Gasteiger partial charge is 0.248 e. The minimum absolute atomic E-state index is 0.253. The lowest BCUT2D eigenvalue weighted by atomic mass is 10.0. The quantitative estimate of drug-likeness (QED) is 0.438. The van der Waals surface area contributed by atoms with Crippen molar-refractivity contribution in [1.29, 1.82) is 0 Å². The first kappa shape index (κ1) is 22.7. The van der Waals surface area contributed by atoms with E-state index in [0.717, 1.165) is 47.1 Å². The summed E-state index contributed by atoms with van der Waals surface area (Å²) in [5.41, 5.74) is 9.03. The average Bonchev–Trinajstić information content (AvgIpc) is 3.54. The molecule has 5 heterocycles. The summed E-state index contributed by atoms with van der Waals surface area (Å²) < 4.78 is 1.55. The molecule has 2 saturated heterocycles. The molecule has 0 spiro atoms. The number of likely N-dealkylation sites (tertiary alicyclic amines) is 1. The van der Waals surface area contributed by atoms with Crippen LogP contribution in [0.1, 0.15) is 37.1 Å². The highest BCUT2D eigenvalue weighted by molar-refractivity contribution is 5.85. The van der Waals surface area contributed by atoms with Gasteiger partial charge in [0.2, 0.25) is 11.9 Å². The molecular formula is C26H32N10. The number of nitrogens with two attached hydrogens (primary N) is 1. The number of aryl methyl sites for hydroxylation is 2. The number of hydrogen-bond donors (Lipinski definition) is 2. The summed E-state index contributed by atoms with van der Waals surface area (Å²) in [5.74, 6) is 2.96. The number of nitrogen functional groups attached to an aromatic ring is 1. The van der Waals surface area contributed by atoms with E-state index in [1.165, 1.54) is 38.8 Å². The number of piperidine rings is 1. The first-order valence-electron chi connectivity index (χ1n) is 12.7. The Kier molecular flexibility index (Phi) is 5.88. The standard InChI is InChI=1S/C26H32N10/c1-17-15-19(16-28-23(17)35-13-9-20(10-14-35)34-11-5-6-12-34)31-26-32-25(27)36(33-26)24-21-7-3-4-8-22(21)29-18(2)30-24/h3-4,7-8,15-16,20H,5-6,9-14H2,1-2H3,(H3,27,31,32,33). The predicted octanol–water partition coefficient (Wildman–Crippen LogP) is 3.61. The lowest BCUT2D eigenvalue weighted by Gasteiger charge is -2.37. The molecule has 36 heavy (non-hydrogen) atoms. The largest absolute Gasteiger partial charge is 0.368 e. The van der Waals surface area contributed by atoms with Crippen LogP contribution in [0.25, 0.3) is 16.7 Å². The molecule has 186 valence electrons. The molecule has 1 aromatic carbocycles. The van der Waals surface area contributed by atoms with Crippen molar-refractivity contribution in [1.82, 2.24) is 34.6 Å². The molecule has 10 heteroatoms. The van der Waals surface area contributed by atoms with Gasteiger partial charge in [-0.15, -0.1) is 5.10 Å². The van der Waals surface area contributed by atoms with Crippen LogP contribution in [0.15, 0.2) is 36.5 Å². The SMILES string of the molecule is Cc1nc(-n2nc(Nc3cnc(N4CCC(N5CCCC5)CC4)c(C)c3)nc2N)c2ccccc2n1. The molecule has 2 fully saturated rings. The highest BCUT2D eigenvalue weighted by Crippen LogP contribution is 2.28. The molecule has 3 N–H and O–H groups in total. The van der Waals surface area contributed by atoms with Crippen molar-refractivity contribution >= 4 is 34.3 Å². The normalized spacial score (nSPS) is 17.2. The molecule has 0 amide bonds. The molecule has 0 atom stereocenters. The Balaban J connectivity index is 1.18. The topological polar surface area (TPSA) is 114 Å². The monoisotopic (exact) mass is 484 g/mol. The Morgan fingerprint density at radius 1 is 0.944 bits per heavy atom. The van der Waals surface area contributed by atoms with E-state index in [1.807, 2.05) is 37.4 Å². The number of nitrogens with one attached hydrogen (secondary N) is 1. The van der Waals surface area contributed by atoms with Gasteiger partial charge in [-0.1, -0.05) is 12.1 Å². The molecule has 6 rings (SSSR count). The van der Waals surface area contributed by atoms with E-state index in [4.69, 9.17) is 10.7 Å². The molecule has 0 saturated carbocycles. The first-order valence-corrected chi connectivity index (χ1v) is 12.7. The molecule has 2 aliphatic rings. The molecule has 2 aliphatic heterocycles. The van der Waals surface area contributed by atoms with Crippen LogP contribution in [0, 0.1) is 13.8 Å². The van der Waals surface area contributed by atoms with Gasteiger partial charge in [-0.25, -0.2) is 15.0 Å². The molecule has 3 aromatic heterocycles. The Labute approximate surface area is 210 Å². The zero-order valence-corrected chi connectivity index (χ0v) is 20.9. The van der Waals surface area contributed by atoms with Gasteiger partial charge in [-0.3, -0.25) is 0 Å². The van der Waals surface area contributed by atoms with Gasteiger partial charge in [0.25, 0.3) is 0 Å². The summed E-state index contributed by atoms with van der Waals surface area (Å²) in [6.07, 6.45) is 6.96. The summed E-state index contributed by atoms with van der Waals surface area (Å²) >= 11 is 0. The maximum atomic E-state index is 6.24. The van der Waals surface area contributed by atoms with Gasteiger partial charge in [-0.05, 0) is 76.4 Å². The van der Waals surface area contributed by atoms with Gasteiger partial charge in [0.05, 0.1) is 17.4 Å². The van der Waals surface area contributed by atoms with Crippen molar-refractivity contribution in [2.24, 2.45) is 0 Å². The summed E-state index contributed by atoms with van der Waals surface area (Å²) in [6.45, 7) is 8.60. The second-order valence-corrected chi connectivity index (χ2v) is 9.77. The third kappa shape index (κ3) is 4.32. The van der Waals surface area contributed by atoms with Crippen LogP contribution in [0.3, 0.4) is 0 Å². The van der Waals surface area contributed by atoms with Gasteiger partial charge in [0.15, 0.2) is 5.82 Å². The molecule has 10 nitrogen and oxygen atoms in total. The molecule has 0 bridgehead atoms. The summed E-state index contributed by atoms with van der Waals surface area (Å²) in [7, 11) is 0. The third-order valence-corrected chi connectivity index (χ3v) is 7.26. The number of benzene rings is 1. The number of rotatable bonds is 5. The van der Waals surface area contributed by atoms with Gasteiger partial charge < -0.3 is 20.9 Å². The van der Waals surface area contributed by atoms with Crippen LogP contribution >= 0.6 is 0 Å². The van der Waals surface area contributed by atoms with Gasteiger partial charge in [-0.2, -0.15) is 9.67 Å². The minimum atomic E-state index is 0.253. The van der Waals surface area contributed by atoms with Crippen molar-refractivity contribution in [3.63, 3.8) is 0 Å². The van der Waals surface area contributed by atoms with E-state index in [2.05, 4.69) is 48.2 Å². The van der Waals surface area contributed by atoms with Crippen LogP contribution in [0.2, 0.25) is 0 Å². The van der Waals surface area contributed by atoms with Crippen molar-refractivity contribution < 1.29 is 0 Å². The van der Waals surface area contributed by atoms with Crippen LogP contribution in [0.5, 0.6) is 0 Å². The van der Waals surface area contributed by atoms with Crippen molar-refractivity contribution in [2.75, 3.05) is 42.1 Å². The Morgan fingerprint density at radius 3 is 2.50 bits per heavy atom. The van der Waals surface area contributed by atoms with E-state index in [9.17, 15) is 0 Å². The van der Waals surface area contributed by atoms with Crippen LogP contribution in [0.4, 0.5) is 23.4 Å². The van der Waals surface area contributed by atoms with Crippen LogP contribution < -0.4 is 16.0 Å². The van der Waals surface area contributed by atoms with Crippen molar-refractivity contribution in [3.8, 4) is 5.82 Å². The van der Waals surface area contributed by atoms with Crippen LogP contribution in [-0.4, -0.2) is 66.8 Å². The van der Waals surface area contributed by atoms with E-state index in [0.29, 0.717) is 17.6 Å².